The van der Waals surface area contributed by atoms with E-state index in [9.17, 15) is 4.79 Å². The Kier molecular flexibility index (Phi) is 3.57. The Morgan fingerprint density at radius 3 is 2.33 bits per heavy atom. The Labute approximate surface area is 109 Å². The molecular formula is C14H25N3O. The van der Waals surface area contributed by atoms with Crippen LogP contribution in [-0.4, -0.2) is 54.5 Å². The highest BCUT2D eigenvalue weighted by Gasteiger charge is 2.32. The maximum absolute atomic E-state index is 12.1. The molecule has 3 aliphatic rings. The highest BCUT2D eigenvalue weighted by molar-refractivity contribution is 5.77. The molecular weight excluding hydrogens is 226 g/mol. The van der Waals surface area contributed by atoms with Gasteiger partial charge in [-0.1, -0.05) is 0 Å². The molecule has 4 heteroatoms. The Morgan fingerprint density at radius 2 is 1.78 bits per heavy atom. The molecule has 2 N–H and O–H groups in total. The number of nitrogens with two attached hydrogens (primary N) is 1. The molecule has 1 atom stereocenters. The molecule has 3 rings (SSSR count). The van der Waals surface area contributed by atoms with Crippen LogP contribution in [0.25, 0.3) is 0 Å². The van der Waals surface area contributed by atoms with Crippen LogP contribution in [0.15, 0.2) is 0 Å². The van der Waals surface area contributed by atoms with E-state index in [2.05, 4.69) is 4.90 Å². The van der Waals surface area contributed by atoms with Gasteiger partial charge in [0.05, 0.1) is 0 Å². The van der Waals surface area contributed by atoms with Crippen molar-refractivity contribution in [2.24, 2.45) is 17.6 Å². The summed E-state index contributed by atoms with van der Waals surface area (Å²) < 4.78 is 0. The fourth-order valence-electron chi connectivity index (χ4n) is 2.87. The third-order valence-corrected chi connectivity index (χ3v) is 4.58. The summed E-state index contributed by atoms with van der Waals surface area (Å²) in [6.07, 6.45) is 5.84. The van der Waals surface area contributed by atoms with E-state index in [1.807, 2.05) is 4.90 Å². The van der Waals surface area contributed by atoms with Crippen molar-refractivity contribution >= 4 is 5.91 Å². The summed E-state index contributed by atoms with van der Waals surface area (Å²) in [5, 5.41) is 0. The molecule has 4 nitrogen and oxygen atoms in total. The molecule has 2 saturated carbocycles. The first kappa shape index (κ1) is 12.4. The smallest absolute Gasteiger partial charge is 0.224 e. The second-order valence-corrected chi connectivity index (χ2v) is 6.33. The van der Waals surface area contributed by atoms with Crippen LogP contribution < -0.4 is 5.73 Å². The Balaban J connectivity index is 1.39. The summed E-state index contributed by atoms with van der Waals surface area (Å²) in [6, 6.07) is 0.113. The minimum atomic E-state index is 0.113. The highest BCUT2D eigenvalue weighted by Crippen LogP contribution is 2.33. The van der Waals surface area contributed by atoms with E-state index in [1.54, 1.807) is 0 Å². The summed E-state index contributed by atoms with van der Waals surface area (Å²) in [5.74, 6) is 1.86. The van der Waals surface area contributed by atoms with Gasteiger partial charge in [-0.25, -0.2) is 0 Å². The first-order valence-electron chi connectivity index (χ1n) is 7.48. The van der Waals surface area contributed by atoms with Crippen LogP contribution in [0.2, 0.25) is 0 Å². The average Bonchev–Trinajstić information content (AvgIpc) is 3.23. The fourth-order valence-corrected chi connectivity index (χ4v) is 2.87. The van der Waals surface area contributed by atoms with Gasteiger partial charge in [-0.3, -0.25) is 9.69 Å². The lowest BCUT2D eigenvalue weighted by atomic mass is 10.1. The molecule has 0 aromatic rings. The molecule has 1 saturated heterocycles. The lowest BCUT2D eigenvalue weighted by molar-refractivity contribution is -0.133. The maximum Gasteiger partial charge on any atom is 0.224 e. The van der Waals surface area contributed by atoms with Gasteiger partial charge in [0.2, 0.25) is 5.91 Å². The topological polar surface area (TPSA) is 49.6 Å². The Bertz CT molecular complexity index is 304. The molecule has 0 spiro atoms. The summed E-state index contributed by atoms with van der Waals surface area (Å²) >= 11 is 0. The van der Waals surface area contributed by atoms with Crippen molar-refractivity contribution in [3.05, 3.63) is 0 Å². The van der Waals surface area contributed by atoms with E-state index in [-0.39, 0.29) is 11.9 Å². The number of rotatable bonds is 5. The van der Waals surface area contributed by atoms with Crippen molar-refractivity contribution in [2.45, 2.75) is 38.1 Å². The molecule has 0 aromatic carbocycles. The van der Waals surface area contributed by atoms with E-state index >= 15 is 0 Å². The number of nitrogens with zero attached hydrogens (tertiary/aromatic N) is 2. The van der Waals surface area contributed by atoms with E-state index in [0.717, 1.165) is 32.1 Å². The second-order valence-electron chi connectivity index (χ2n) is 6.33. The third-order valence-electron chi connectivity index (χ3n) is 4.58. The number of carbonyl (C=O) groups excluding carboxylic acids is 1. The molecule has 3 fully saturated rings. The molecule has 102 valence electrons. The maximum atomic E-state index is 12.1. The van der Waals surface area contributed by atoms with Gasteiger partial charge in [0.1, 0.15) is 0 Å². The number of amides is 1. The summed E-state index contributed by atoms with van der Waals surface area (Å²) in [6.45, 7) is 5.18. The number of carbonyl (C=O) groups is 1. The molecule has 1 amide bonds. The van der Waals surface area contributed by atoms with Crippen LogP contribution in [0, 0.1) is 11.8 Å². The quantitative estimate of drug-likeness (QED) is 0.781. The molecule has 1 unspecified atom stereocenters. The van der Waals surface area contributed by atoms with Crippen molar-refractivity contribution < 1.29 is 4.79 Å². The van der Waals surface area contributed by atoms with Crippen LogP contribution in [-0.2, 0) is 4.79 Å². The van der Waals surface area contributed by atoms with Crippen molar-refractivity contribution in [3.63, 3.8) is 0 Å². The predicted octanol–water partition coefficient (Wildman–Crippen LogP) is 0.668. The number of hydrogen-bond acceptors (Lipinski definition) is 3. The van der Waals surface area contributed by atoms with E-state index < -0.39 is 0 Å². The minimum Gasteiger partial charge on any atom is -0.340 e. The van der Waals surface area contributed by atoms with Crippen molar-refractivity contribution in [1.29, 1.82) is 0 Å². The largest absolute Gasteiger partial charge is 0.340 e. The molecule has 1 heterocycles. The zero-order chi connectivity index (χ0) is 12.5. The minimum absolute atomic E-state index is 0.113. The number of hydrogen-bond donors (Lipinski definition) is 1. The van der Waals surface area contributed by atoms with Crippen LogP contribution in [0.5, 0.6) is 0 Å². The van der Waals surface area contributed by atoms with E-state index in [0.29, 0.717) is 12.3 Å². The summed E-state index contributed by atoms with van der Waals surface area (Å²) in [4.78, 5) is 16.6. The van der Waals surface area contributed by atoms with Crippen LogP contribution in [0.3, 0.4) is 0 Å². The van der Waals surface area contributed by atoms with Gasteiger partial charge in [0, 0.05) is 45.2 Å². The second kappa shape index (κ2) is 5.17. The van der Waals surface area contributed by atoms with E-state index in [4.69, 9.17) is 5.73 Å². The zero-order valence-corrected chi connectivity index (χ0v) is 11.2. The van der Waals surface area contributed by atoms with Crippen molar-refractivity contribution in [1.82, 2.24) is 9.80 Å². The standard InChI is InChI=1S/C14H25N3O/c15-13(12-3-4-12)9-14(18)17-7-5-16(6-8-17)10-11-1-2-11/h11-13H,1-10,15H2. The molecule has 0 radical (unpaired) electrons. The normalized spacial score (nSPS) is 27.3. The average molecular weight is 251 g/mol. The highest BCUT2D eigenvalue weighted by atomic mass is 16.2. The van der Waals surface area contributed by atoms with Crippen LogP contribution in [0.1, 0.15) is 32.1 Å². The lowest BCUT2D eigenvalue weighted by Gasteiger charge is -2.35. The van der Waals surface area contributed by atoms with Gasteiger partial charge in [-0.05, 0) is 37.5 Å². The molecule has 0 bridgehead atoms. The summed E-state index contributed by atoms with van der Waals surface area (Å²) in [5.41, 5.74) is 6.03. The van der Waals surface area contributed by atoms with Gasteiger partial charge in [-0.15, -0.1) is 0 Å². The van der Waals surface area contributed by atoms with Gasteiger partial charge in [0.15, 0.2) is 0 Å². The Morgan fingerprint density at radius 1 is 1.11 bits per heavy atom. The van der Waals surface area contributed by atoms with Crippen LogP contribution >= 0.6 is 0 Å². The first-order chi connectivity index (χ1) is 8.72. The third kappa shape index (κ3) is 3.23. The van der Waals surface area contributed by atoms with Crippen LogP contribution in [0.4, 0.5) is 0 Å². The zero-order valence-electron chi connectivity index (χ0n) is 11.2. The number of piperazine rings is 1. The Hall–Kier alpha value is -0.610. The van der Waals surface area contributed by atoms with Crippen molar-refractivity contribution in [3.8, 4) is 0 Å². The molecule has 1 aliphatic heterocycles. The SMILES string of the molecule is NC(CC(=O)N1CCN(CC2CC2)CC1)C1CC1. The van der Waals surface area contributed by atoms with Gasteiger partial charge >= 0.3 is 0 Å². The lowest BCUT2D eigenvalue weighted by Crippen LogP contribution is -2.50. The van der Waals surface area contributed by atoms with Gasteiger partial charge in [-0.2, -0.15) is 0 Å². The monoisotopic (exact) mass is 251 g/mol. The molecule has 18 heavy (non-hydrogen) atoms. The fraction of sp³-hybridized carbons (Fsp3) is 0.929. The predicted molar refractivity (Wildman–Crippen MR) is 71.1 cm³/mol. The van der Waals surface area contributed by atoms with E-state index in [1.165, 1.54) is 32.2 Å². The van der Waals surface area contributed by atoms with Crippen molar-refractivity contribution in [2.75, 3.05) is 32.7 Å². The van der Waals surface area contributed by atoms with Gasteiger partial charge in [0.25, 0.3) is 0 Å². The summed E-state index contributed by atoms with van der Waals surface area (Å²) in [7, 11) is 0. The molecule has 0 aromatic heterocycles. The molecule has 2 aliphatic carbocycles. The first-order valence-corrected chi connectivity index (χ1v) is 7.48. The van der Waals surface area contributed by atoms with Gasteiger partial charge < -0.3 is 10.6 Å².